The van der Waals surface area contributed by atoms with Gasteiger partial charge in [0, 0.05) is 51.6 Å². The average Bonchev–Trinajstić information content (AvgIpc) is 3.27. The first-order valence-electron chi connectivity index (χ1n) is 8.93. The number of amides is 1. The van der Waals surface area contributed by atoms with Crippen molar-refractivity contribution in [2.75, 3.05) is 32.8 Å². The standard InChI is InChI=1S/C17H26N4O2/c22-17(19-7-1-2-8-19)11-16-13-20(14-4-9-23-10-5-14)12-15-3-6-18-21(15)16/h3,6,14,16H,1-2,4-5,7-13H2/t16-/m1/s1. The van der Waals surface area contributed by atoms with Crippen molar-refractivity contribution in [1.29, 1.82) is 0 Å². The Morgan fingerprint density at radius 3 is 2.83 bits per heavy atom. The molecule has 3 aliphatic rings. The van der Waals surface area contributed by atoms with Gasteiger partial charge >= 0.3 is 0 Å². The van der Waals surface area contributed by atoms with Crippen molar-refractivity contribution < 1.29 is 9.53 Å². The normalized spacial score (nSPS) is 26.4. The van der Waals surface area contributed by atoms with E-state index in [1.54, 1.807) is 0 Å². The zero-order valence-electron chi connectivity index (χ0n) is 13.7. The number of likely N-dealkylation sites (tertiary alicyclic amines) is 1. The zero-order valence-corrected chi connectivity index (χ0v) is 13.7. The van der Waals surface area contributed by atoms with E-state index in [0.29, 0.717) is 18.4 Å². The van der Waals surface area contributed by atoms with E-state index < -0.39 is 0 Å². The van der Waals surface area contributed by atoms with Crippen LogP contribution in [-0.4, -0.2) is 64.4 Å². The van der Waals surface area contributed by atoms with Gasteiger partial charge in [-0.25, -0.2) is 0 Å². The maximum atomic E-state index is 12.6. The van der Waals surface area contributed by atoms with Gasteiger partial charge in [0.2, 0.25) is 5.91 Å². The summed E-state index contributed by atoms with van der Waals surface area (Å²) in [6, 6.07) is 2.85. The van der Waals surface area contributed by atoms with E-state index >= 15 is 0 Å². The van der Waals surface area contributed by atoms with Crippen LogP contribution in [0.2, 0.25) is 0 Å². The minimum atomic E-state index is 0.171. The molecule has 6 heteroatoms. The smallest absolute Gasteiger partial charge is 0.224 e. The van der Waals surface area contributed by atoms with Gasteiger partial charge < -0.3 is 9.64 Å². The van der Waals surface area contributed by atoms with E-state index in [1.165, 1.54) is 5.69 Å². The Morgan fingerprint density at radius 1 is 1.26 bits per heavy atom. The highest BCUT2D eigenvalue weighted by molar-refractivity contribution is 5.76. The Morgan fingerprint density at radius 2 is 2.04 bits per heavy atom. The predicted molar refractivity (Wildman–Crippen MR) is 85.9 cm³/mol. The van der Waals surface area contributed by atoms with Crippen LogP contribution < -0.4 is 0 Å². The van der Waals surface area contributed by atoms with E-state index in [0.717, 1.165) is 65.1 Å². The fourth-order valence-electron chi connectivity index (χ4n) is 4.19. The van der Waals surface area contributed by atoms with Crippen LogP contribution in [0.5, 0.6) is 0 Å². The van der Waals surface area contributed by atoms with Gasteiger partial charge in [0.05, 0.1) is 18.2 Å². The van der Waals surface area contributed by atoms with E-state index in [9.17, 15) is 4.79 Å². The molecule has 4 rings (SSSR count). The van der Waals surface area contributed by atoms with Gasteiger partial charge in [-0.05, 0) is 31.7 Å². The summed E-state index contributed by atoms with van der Waals surface area (Å²) in [5, 5.41) is 4.49. The van der Waals surface area contributed by atoms with Crippen molar-refractivity contribution in [2.24, 2.45) is 0 Å². The predicted octanol–water partition coefficient (Wildman–Crippen LogP) is 1.43. The number of fused-ring (bicyclic) bond motifs is 1. The molecule has 0 bridgehead atoms. The maximum absolute atomic E-state index is 12.6. The largest absolute Gasteiger partial charge is 0.381 e. The zero-order chi connectivity index (χ0) is 15.6. The Labute approximate surface area is 137 Å². The van der Waals surface area contributed by atoms with E-state index in [-0.39, 0.29) is 6.04 Å². The molecule has 1 atom stereocenters. The minimum absolute atomic E-state index is 0.171. The number of ether oxygens (including phenoxy) is 1. The second-order valence-electron chi connectivity index (χ2n) is 6.99. The Balaban J connectivity index is 1.47. The molecule has 2 fully saturated rings. The molecule has 126 valence electrons. The lowest BCUT2D eigenvalue weighted by atomic mass is 10.0. The molecule has 0 radical (unpaired) electrons. The Bertz CT molecular complexity index is 547. The molecule has 6 nitrogen and oxygen atoms in total. The molecule has 1 amide bonds. The first-order valence-corrected chi connectivity index (χ1v) is 8.93. The minimum Gasteiger partial charge on any atom is -0.381 e. The van der Waals surface area contributed by atoms with Crippen LogP contribution in [0.25, 0.3) is 0 Å². The lowest BCUT2D eigenvalue weighted by Gasteiger charge is -2.40. The second-order valence-corrected chi connectivity index (χ2v) is 6.99. The van der Waals surface area contributed by atoms with Crippen molar-refractivity contribution in [3.8, 4) is 0 Å². The van der Waals surface area contributed by atoms with Crippen LogP contribution in [0.3, 0.4) is 0 Å². The number of aromatic nitrogens is 2. The fourth-order valence-corrected chi connectivity index (χ4v) is 4.19. The summed E-state index contributed by atoms with van der Waals surface area (Å²) in [6.45, 7) is 5.45. The summed E-state index contributed by atoms with van der Waals surface area (Å²) < 4.78 is 7.59. The first-order chi connectivity index (χ1) is 11.3. The Hall–Kier alpha value is -1.40. The monoisotopic (exact) mass is 318 g/mol. The summed E-state index contributed by atoms with van der Waals surface area (Å²) in [5.74, 6) is 0.294. The Kier molecular flexibility index (Phi) is 4.35. The summed E-state index contributed by atoms with van der Waals surface area (Å²) in [4.78, 5) is 17.1. The number of carbonyl (C=O) groups excluding carboxylic acids is 1. The molecular formula is C17H26N4O2. The number of carbonyl (C=O) groups is 1. The average molecular weight is 318 g/mol. The quantitative estimate of drug-likeness (QED) is 0.846. The molecule has 3 aliphatic heterocycles. The third-order valence-corrected chi connectivity index (χ3v) is 5.48. The van der Waals surface area contributed by atoms with Crippen molar-refractivity contribution in [3.63, 3.8) is 0 Å². The van der Waals surface area contributed by atoms with Gasteiger partial charge in [0.1, 0.15) is 0 Å². The molecule has 2 saturated heterocycles. The molecule has 0 spiro atoms. The summed E-state index contributed by atoms with van der Waals surface area (Å²) in [5.41, 5.74) is 1.24. The van der Waals surface area contributed by atoms with Crippen LogP contribution in [0.15, 0.2) is 12.3 Å². The van der Waals surface area contributed by atoms with Gasteiger partial charge in [0.25, 0.3) is 0 Å². The molecule has 0 aliphatic carbocycles. The van der Waals surface area contributed by atoms with Crippen molar-refractivity contribution >= 4 is 5.91 Å². The number of rotatable bonds is 3. The molecule has 0 saturated carbocycles. The summed E-state index contributed by atoms with van der Waals surface area (Å²) in [7, 11) is 0. The molecule has 23 heavy (non-hydrogen) atoms. The fraction of sp³-hybridized carbons (Fsp3) is 0.765. The molecule has 1 aromatic rings. The molecule has 0 N–H and O–H groups in total. The van der Waals surface area contributed by atoms with Crippen LogP contribution in [0.4, 0.5) is 0 Å². The maximum Gasteiger partial charge on any atom is 0.224 e. The number of hydrogen-bond acceptors (Lipinski definition) is 4. The lowest BCUT2D eigenvalue weighted by molar-refractivity contribution is -0.131. The van der Waals surface area contributed by atoms with Crippen molar-refractivity contribution in [3.05, 3.63) is 18.0 Å². The van der Waals surface area contributed by atoms with E-state index in [4.69, 9.17) is 4.74 Å². The first kappa shape index (κ1) is 15.1. The van der Waals surface area contributed by atoms with Crippen LogP contribution in [0, 0.1) is 0 Å². The highest BCUT2D eigenvalue weighted by atomic mass is 16.5. The highest BCUT2D eigenvalue weighted by Crippen LogP contribution is 2.28. The van der Waals surface area contributed by atoms with Crippen molar-refractivity contribution in [1.82, 2.24) is 19.6 Å². The van der Waals surface area contributed by atoms with Gasteiger partial charge in [-0.1, -0.05) is 0 Å². The SMILES string of the molecule is O=C(C[C@@H]1CN(C2CCOCC2)Cc2ccnn21)N1CCCC1. The number of nitrogens with zero attached hydrogens (tertiary/aromatic N) is 4. The van der Waals surface area contributed by atoms with E-state index in [1.807, 2.05) is 11.1 Å². The topological polar surface area (TPSA) is 50.6 Å². The van der Waals surface area contributed by atoms with E-state index in [2.05, 4.69) is 20.7 Å². The van der Waals surface area contributed by atoms with Crippen LogP contribution in [-0.2, 0) is 16.1 Å². The molecular weight excluding hydrogens is 292 g/mol. The third kappa shape index (κ3) is 3.15. The molecule has 0 unspecified atom stereocenters. The molecule has 4 heterocycles. The summed E-state index contributed by atoms with van der Waals surface area (Å²) in [6.07, 6.45) is 6.95. The van der Waals surface area contributed by atoms with Gasteiger partial charge in [-0.2, -0.15) is 5.10 Å². The number of hydrogen-bond donors (Lipinski definition) is 0. The van der Waals surface area contributed by atoms with Gasteiger partial charge in [-0.3, -0.25) is 14.4 Å². The van der Waals surface area contributed by atoms with Gasteiger partial charge in [-0.15, -0.1) is 0 Å². The highest BCUT2D eigenvalue weighted by Gasteiger charge is 2.33. The van der Waals surface area contributed by atoms with Crippen LogP contribution >= 0.6 is 0 Å². The van der Waals surface area contributed by atoms with Gasteiger partial charge in [0.15, 0.2) is 0 Å². The third-order valence-electron chi connectivity index (χ3n) is 5.48. The van der Waals surface area contributed by atoms with Crippen molar-refractivity contribution in [2.45, 2.75) is 50.7 Å². The van der Waals surface area contributed by atoms with Crippen LogP contribution in [0.1, 0.15) is 43.8 Å². The molecule has 1 aromatic heterocycles. The second kappa shape index (κ2) is 6.61. The lowest BCUT2D eigenvalue weighted by Crippen LogP contribution is -2.46. The molecule has 0 aromatic carbocycles. The summed E-state index contributed by atoms with van der Waals surface area (Å²) >= 11 is 0.